The summed E-state index contributed by atoms with van der Waals surface area (Å²) in [4.78, 5) is 18.2. The molecule has 1 heterocycles. The Morgan fingerprint density at radius 2 is 1.46 bits per heavy atom. The summed E-state index contributed by atoms with van der Waals surface area (Å²) < 4.78 is 0. The average molecular weight is 344 g/mol. The van der Waals surface area contributed by atoms with Gasteiger partial charge in [-0.3, -0.25) is 9.69 Å². The van der Waals surface area contributed by atoms with E-state index in [1.165, 1.54) is 25.1 Å². The molecule has 26 heavy (non-hydrogen) atoms. The van der Waals surface area contributed by atoms with Crippen molar-refractivity contribution in [1.29, 1.82) is 0 Å². The number of anilines is 1. The van der Waals surface area contributed by atoms with Gasteiger partial charge >= 0.3 is 0 Å². The molecule has 0 amide bonds. The maximum atomic E-state index is 13.1. The van der Waals surface area contributed by atoms with Crippen molar-refractivity contribution in [3.05, 3.63) is 64.8 Å². The van der Waals surface area contributed by atoms with Crippen LogP contribution in [-0.2, 0) is 0 Å². The number of piperazine rings is 1. The van der Waals surface area contributed by atoms with Gasteiger partial charge in [0, 0.05) is 54.6 Å². The molecule has 0 spiro atoms. The summed E-state index contributed by atoms with van der Waals surface area (Å²) in [6, 6.07) is 18.3. The number of rotatable bonds is 3. The molecule has 1 aliphatic carbocycles. The van der Waals surface area contributed by atoms with E-state index in [0.717, 1.165) is 53.6 Å². The number of benzene rings is 2. The quantitative estimate of drug-likeness (QED) is 0.720. The molecule has 0 atom stereocenters. The molecule has 2 aliphatic rings. The highest BCUT2D eigenvalue weighted by atomic mass is 16.1. The van der Waals surface area contributed by atoms with Gasteiger partial charge in [-0.1, -0.05) is 48.5 Å². The summed E-state index contributed by atoms with van der Waals surface area (Å²) in [5, 5.41) is 3.74. The Bertz CT molecular complexity index is 1020. The predicted molar refractivity (Wildman–Crippen MR) is 109 cm³/mol. The molecule has 132 valence electrons. The first-order valence-corrected chi connectivity index (χ1v) is 9.72. The van der Waals surface area contributed by atoms with Crippen LogP contribution in [0.4, 0.5) is 5.69 Å². The first-order chi connectivity index (χ1) is 12.8. The van der Waals surface area contributed by atoms with E-state index in [4.69, 9.17) is 0 Å². The lowest BCUT2D eigenvalue weighted by Gasteiger charge is -2.36. The van der Waals surface area contributed by atoms with Crippen LogP contribution in [-0.4, -0.2) is 37.6 Å². The van der Waals surface area contributed by atoms with Crippen molar-refractivity contribution < 1.29 is 0 Å². The topological polar surface area (TPSA) is 23.6 Å². The van der Waals surface area contributed by atoms with Crippen molar-refractivity contribution in [3.63, 3.8) is 0 Å². The van der Waals surface area contributed by atoms with Gasteiger partial charge in [0.1, 0.15) is 0 Å². The van der Waals surface area contributed by atoms with Gasteiger partial charge in [0.15, 0.2) is 5.43 Å². The van der Waals surface area contributed by atoms with Gasteiger partial charge in [-0.2, -0.15) is 0 Å². The van der Waals surface area contributed by atoms with Crippen molar-refractivity contribution in [1.82, 2.24) is 4.90 Å². The SMILES string of the molecule is O=c1c2ccccc2cc(N2CCN(CC3CC3)CC2)c2ccccc12. The highest BCUT2D eigenvalue weighted by Crippen LogP contribution is 2.31. The Hall–Kier alpha value is -2.39. The van der Waals surface area contributed by atoms with Crippen molar-refractivity contribution in [2.75, 3.05) is 37.6 Å². The second-order valence-corrected chi connectivity index (χ2v) is 7.72. The summed E-state index contributed by atoms with van der Waals surface area (Å²) in [5.74, 6) is 0.948. The maximum Gasteiger partial charge on any atom is 0.194 e. The Balaban J connectivity index is 1.60. The summed E-state index contributed by atoms with van der Waals surface area (Å²) >= 11 is 0. The summed E-state index contributed by atoms with van der Waals surface area (Å²) in [6.07, 6.45) is 2.83. The minimum absolute atomic E-state index is 0.134. The molecule has 0 radical (unpaired) electrons. The van der Waals surface area contributed by atoms with Crippen LogP contribution < -0.4 is 10.3 Å². The molecule has 0 aromatic heterocycles. The Kier molecular flexibility index (Phi) is 3.90. The molecular formula is C23H24N2O. The van der Waals surface area contributed by atoms with Crippen LogP contribution in [0.15, 0.2) is 59.4 Å². The molecule has 0 N–H and O–H groups in total. The van der Waals surface area contributed by atoms with Gasteiger partial charge < -0.3 is 4.90 Å². The van der Waals surface area contributed by atoms with E-state index >= 15 is 0 Å². The zero-order valence-electron chi connectivity index (χ0n) is 15.0. The van der Waals surface area contributed by atoms with Crippen LogP contribution in [0.25, 0.3) is 21.5 Å². The fourth-order valence-electron chi connectivity index (χ4n) is 4.20. The van der Waals surface area contributed by atoms with E-state index < -0.39 is 0 Å². The van der Waals surface area contributed by atoms with Crippen LogP contribution in [0.1, 0.15) is 12.8 Å². The highest BCUT2D eigenvalue weighted by Gasteiger charge is 2.26. The van der Waals surface area contributed by atoms with Gasteiger partial charge in [-0.25, -0.2) is 0 Å². The molecule has 3 nitrogen and oxygen atoms in total. The van der Waals surface area contributed by atoms with Crippen molar-refractivity contribution in [2.45, 2.75) is 12.8 Å². The number of fused-ring (bicyclic) bond motifs is 2. The molecule has 1 saturated carbocycles. The van der Waals surface area contributed by atoms with Crippen LogP contribution in [0.3, 0.4) is 0 Å². The van der Waals surface area contributed by atoms with E-state index in [0.29, 0.717) is 0 Å². The molecule has 1 saturated heterocycles. The lowest BCUT2D eigenvalue weighted by molar-refractivity contribution is 0.248. The first kappa shape index (κ1) is 15.8. The Morgan fingerprint density at radius 3 is 2.19 bits per heavy atom. The third kappa shape index (κ3) is 2.86. The van der Waals surface area contributed by atoms with E-state index in [1.54, 1.807) is 0 Å². The lowest BCUT2D eigenvalue weighted by atomic mass is 10.1. The summed E-state index contributed by atoms with van der Waals surface area (Å²) in [7, 11) is 0. The van der Waals surface area contributed by atoms with Gasteiger partial charge in [-0.15, -0.1) is 0 Å². The molecule has 3 heteroatoms. The summed E-state index contributed by atoms with van der Waals surface area (Å²) in [5.41, 5.74) is 1.33. The van der Waals surface area contributed by atoms with E-state index in [-0.39, 0.29) is 5.43 Å². The lowest BCUT2D eigenvalue weighted by Crippen LogP contribution is -2.47. The van der Waals surface area contributed by atoms with Crippen LogP contribution >= 0.6 is 0 Å². The van der Waals surface area contributed by atoms with Crippen LogP contribution in [0.5, 0.6) is 0 Å². The molecule has 2 fully saturated rings. The second-order valence-electron chi connectivity index (χ2n) is 7.72. The first-order valence-electron chi connectivity index (χ1n) is 9.72. The monoisotopic (exact) mass is 344 g/mol. The minimum Gasteiger partial charge on any atom is -0.368 e. The van der Waals surface area contributed by atoms with E-state index in [1.807, 2.05) is 36.4 Å². The fourth-order valence-corrected chi connectivity index (χ4v) is 4.20. The van der Waals surface area contributed by atoms with Crippen LogP contribution in [0.2, 0.25) is 0 Å². The largest absolute Gasteiger partial charge is 0.368 e. The second kappa shape index (κ2) is 6.40. The highest BCUT2D eigenvalue weighted by molar-refractivity contribution is 6.01. The maximum absolute atomic E-state index is 13.1. The smallest absolute Gasteiger partial charge is 0.194 e. The Labute approximate surface area is 153 Å². The third-order valence-electron chi connectivity index (χ3n) is 5.87. The molecule has 0 unspecified atom stereocenters. The summed E-state index contributed by atoms with van der Waals surface area (Å²) in [6.45, 7) is 5.56. The molecular weight excluding hydrogens is 320 g/mol. The molecule has 0 bridgehead atoms. The van der Waals surface area contributed by atoms with Gasteiger partial charge in [0.05, 0.1) is 0 Å². The van der Waals surface area contributed by atoms with E-state index in [9.17, 15) is 4.79 Å². The van der Waals surface area contributed by atoms with Crippen LogP contribution in [0, 0.1) is 5.92 Å². The minimum atomic E-state index is 0.134. The number of hydrogen-bond acceptors (Lipinski definition) is 3. The number of nitrogens with zero attached hydrogens (tertiary/aromatic N) is 2. The van der Waals surface area contributed by atoms with Gasteiger partial charge in [0.25, 0.3) is 0 Å². The fraction of sp³-hybridized carbons (Fsp3) is 0.348. The zero-order valence-corrected chi connectivity index (χ0v) is 15.0. The predicted octanol–water partition coefficient (Wildman–Crippen LogP) is 3.89. The molecule has 1 aliphatic heterocycles. The standard InChI is InChI=1S/C23H24N2O/c26-23-19-6-2-1-5-18(19)15-22(20-7-3-4-8-21(20)23)25-13-11-24(12-14-25)16-17-9-10-17/h1-8,15,17H,9-14,16H2. The zero-order chi connectivity index (χ0) is 17.5. The molecule has 3 aromatic carbocycles. The number of hydrogen-bond donors (Lipinski definition) is 0. The van der Waals surface area contributed by atoms with Crippen molar-refractivity contribution in [2.24, 2.45) is 5.92 Å². The van der Waals surface area contributed by atoms with E-state index in [2.05, 4.69) is 28.0 Å². The average Bonchev–Trinajstić information content (AvgIpc) is 3.51. The molecule has 5 rings (SSSR count). The van der Waals surface area contributed by atoms with Gasteiger partial charge in [0.2, 0.25) is 0 Å². The molecule has 3 aromatic rings. The van der Waals surface area contributed by atoms with Gasteiger partial charge in [-0.05, 0) is 30.2 Å². The van der Waals surface area contributed by atoms with Crippen molar-refractivity contribution >= 4 is 27.2 Å². The normalized spacial score (nSPS) is 18.5. The van der Waals surface area contributed by atoms with Crippen molar-refractivity contribution in [3.8, 4) is 0 Å². The third-order valence-corrected chi connectivity index (χ3v) is 5.87. The Morgan fingerprint density at radius 1 is 0.808 bits per heavy atom.